The molecular weight excluding hydrogens is 274 g/mol. The Bertz CT molecular complexity index is 730. The Morgan fingerprint density at radius 2 is 2.11 bits per heavy atom. The Morgan fingerprint density at radius 3 is 2.58 bits per heavy atom. The average molecular weight is 285 g/mol. The summed E-state index contributed by atoms with van der Waals surface area (Å²) in [5.74, 6) is -1.16. The van der Waals surface area contributed by atoms with Crippen molar-refractivity contribution in [2.75, 3.05) is 4.72 Å². The highest BCUT2D eigenvalue weighted by molar-refractivity contribution is 7.92. The maximum absolute atomic E-state index is 12.0. The lowest BCUT2D eigenvalue weighted by Gasteiger charge is -2.04. The molecule has 2 N–H and O–H groups in total. The number of sulfonamides is 1. The summed E-state index contributed by atoms with van der Waals surface area (Å²) in [6.45, 7) is 0. The summed E-state index contributed by atoms with van der Waals surface area (Å²) in [5.41, 5.74) is -0.127. The third-order valence-electron chi connectivity index (χ3n) is 2.45. The molecule has 19 heavy (non-hydrogen) atoms. The van der Waals surface area contributed by atoms with Gasteiger partial charge in [-0.05, 0) is 6.07 Å². The topological polar surface area (TPSA) is 119 Å². The van der Waals surface area contributed by atoms with E-state index in [4.69, 9.17) is 5.11 Å². The van der Waals surface area contributed by atoms with Gasteiger partial charge in [-0.2, -0.15) is 10.1 Å². The summed E-state index contributed by atoms with van der Waals surface area (Å²) in [7, 11) is -0.923. The molecule has 2 aromatic heterocycles. The minimum absolute atomic E-state index is 0.0423. The van der Waals surface area contributed by atoms with Crippen LogP contribution in [-0.2, 0) is 24.1 Å². The molecule has 0 aliphatic carbocycles. The Labute approximate surface area is 108 Å². The van der Waals surface area contributed by atoms with Gasteiger partial charge in [0.25, 0.3) is 10.0 Å². The van der Waals surface area contributed by atoms with Gasteiger partial charge < -0.3 is 9.67 Å². The van der Waals surface area contributed by atoms with Gasteiger partial charge in [-0.3, -0.25) is 0 Å². The number of aromatic carboxylic acids is 1. The molecule has 0 aromatic carbocycles. The lowest BCUT2D eigenvalue weighted by atomic mass is 10.4. The smallest absolute Gasteiger partial charge is 0.352 e. The van der Waals surface area contributed by atoms with Crippen LogP contribution in [0.4, 0.5) is 5.95 Å². The molecule has 0 atom stereocenters. The highest BCUT2D eigenvalue weighted by atomic mass is 32.2. The molecule has 0 radical (unpaired) electrons. The van der Waals surface area contributed by atoms with Crippen LogP contribution in [0.3, 0.4) is 0 Å². The molecule has 2 rings (SSSR count). The van der Waals surface area contributed by atoms with Crippen molar-refractivity contribution in [2.45, 2.75) is 4.90 Å². The maximum atomic E-state index is 12.0. The third kappa shape index (κ3) is 2.42. The van der Waals surface area contributed by atoms with E-state index in [1.54, 1.807) is 0 Å². The summed E-state index contributed by atoms with van der Waals surface area (Å²) in [6.07, 6.45) is 2.41. The number of carboxylic acid groups (broad SMARTS) is 1. The first kappa shape index (κ1) is 13.1. The van der Waals surface area contributed by atoms with E-state index >= 15 is 0 Å². The second-order valence-corrected chi connectivity index (χ2v) is 5.47. The van der Waals surface area contributed by atoms with Gasteiger partial charge in [0, 0.05) is 20.3 Å². The predicted octanol–water partition coefficient (Wildman–Crippen LogP) is -0.347. The number of aryl methyl sites for hydroxylation is 2. The highest BCUT2D eigenvalue weighted by Crippen LogP contribution is 2.16. The third-order valence-corrected chi connectivity index (χ3v) is 3.74. The normalized spacial score (nSPS) is 11.5. The molecule has 10 heteroatoms. The van der Waals surface area contributed by atoms with Crippen molar-refractivity contribution in [3.63, 3.8) is 0 Å². The van der Waals surface area contributed by atoms with Crippen molar-refractivity contribution in [1.29, 1.82) is 0 Å². The molecule has 9 nitrogen and oxygen atoms in total. The summed E-state index contributed by atoms with van der Waals surface area (Å²) in [4.78, 5) is 14.4. The molecule has 2 heterocycles. The van der Waals surface area contributed by atoms with E-state index in [1.807, 2.05) is 0 Å². The van der Waals surface area contributed by atoms with E-state index in [0.717, 1.165) is 6.07 Å². The second kappa shape index (κ2) is 4.39. The highest BCUT2D eigenvalue weighted by Gasteiger charge is 2.21. The zero-order valence-corrected chi connectivity index (χ0v) is 10.9. The Kier molecular flexibility index (Phi) is 3.02. The van der Waals surface area contributed by atoms with Crippen molar-refractivity contribution in [2.24, 2.45) is 14.1 Å². The fourth-order valence-corrected chi connectivity index (χ4v) is 2.57. The second-order valence-electron chi connectivity index (χ2n) is 3.79. The van der Waals surface area contributed by atoms with Gasteiger partial charge in [0.15, 0.2) is 0 Å². The van der Waals surface area contributed by atoms with Crippen LogP contribution in [0.1, 0.15) is 10.5 Å². The number of aromatic nitrogens is 4. The van der Waals surface area contributed by atoms with Gasteiger partial charge in [0.05, 0.1) is 0 Å². The number of hydrogen-bond donors (Lipinski definition) is 2. The van der Waals surface area contributed by atoms with E-state index in [1.165, 1.54) is 35.9 Å². The van der Waals surface area contributed by atoms with E-state index in [2.05, 4.69) is 14.8 Å². The van der Waals surface area contributed by atoms with Crippen LogP contribution >= 0.6 is 0 Å². The fourth-order valence-electron chi connectivity index (χ4n) is 1.46. The largest absolute Gasteiger partial charge is 0.477 e. The zero-order chi connectivity index (χ0) is 14.2. The SMILES string of the molecule is Cn1cc(S(=O)(=O)Nc2ncnn2C)cc1C(=O)O. The molecule has 2 aromatic rings. The van der Waals surface area contributed by atoms with Crippen LogP contribution in [-0.4, -0.2) is 38.8 Å². The van der Waals surface area contributed by atoms with Crippen molar-refractivity contribution in [1.82, 2.24) is 19.3 Å². The first-order valence-electron chi connectivity index (χ1n) is 5.08. The number of carboxylic acids is 1. The van der Waals surface area contributed by atoms with Crippen LogP contribution in [0.2, 0.25) is 0 Å². The first-order valence-corrected chi connectivity index (χ1v) is 6.56. The first-order chi connectivity index (χ1) is 8.81. The maximum Gasteiger partial charge on any atom is 0.352 e. The Balaban J connectivity index is 2.38. The molecular formula is C9H11N5O4S. The summed E-state index contributed by atoms with van der Waals surface area (Å²) in [5, 5.41) is 12.6. The van der Waals surface area contributed by atoms with Crippen LogP contribution < -0.4 is 4.72 Å². The van der Waals surface area contributed by atoms with Gasteiger partial charge in [0.1, 0.15) is 16.9 Å². The van der Waals surface area contributed by atoms with E-state index in [0.29, 0.717) is 0 Å². The van der Waals surface area contributed by atoms with Gasteiger partial charge in [-0.1, -0.05) is 0 Å². The number of hydrogen-bond acceptors (Lipinski definition) is 5. The molecule has 0 saturated carbocycles. The van der Waals surface area contributed by atoms with E-state index in [-0.39, 0.29) is 16.5 Å². The average Bonchev–Trinajstić information content (AvgIpc) is 2.86. The quantitative estimate of drug-likeness (QED) is 0.792. The van der Waals surface area contributed by atoms with Crippen molar-refractivity contribution in [3.05, 3.63) is 24.3 Å². The molecule has 0 aliphatic heterocycles. The van der Waals surface area contributed by atoms with Crippen LogP contribution in [0.25, 0.3) is 0 Å². The standard InChI is InChI=1S/C9H11N5O4S/c1-13-4-6(3-7(13)8(15)16)19(17,18)12-9-10-5-11-14(9)2/h3-5H,1-2H3,(H,15,16)(H,10,11,12). The number of nitrogens with zero attached hydrogens (tertiary/aromatic N) is 4. The fraction of sp³-hybridized carbons (Fsp3) is 0.222. The summed E-state index contributed by atoms with van der Waals surface area (Å²) < 4.78 is 28.8. The number of anilines is 1. The minimum Gasteiger partial charge on any atom is -0.477 e. The van der Waals surface area contributed by atoms with Gasteiger partial charge in [0.2, 0.25) is 5.95 Å². The molecule has 0 saturated heterocycles. The van der Waals surface area contributed by atoms with E-state index < -0.39 is 16.0 Å². The molecule has 0 fully saturated rings. The molecule has 102 valence electrons. The molecule has 0 amide bonds. The number of nitrogens with one attached hydrogen (secondary N) is 1. The minimum atomic E-state index is -3.90. The van der Waals surface area contributed by atoms with Crippen molar-refractivity contribution >= 4 is 21.9 Å². The predicted molar refractivity (Wildman–Crippen MR) is 64.2 cm³/mol. The molecule has 0 aliphatic rings. The van der Waals surface area contributed by atoms with Crippen LogP contribution in [0.5, 0.6) is 0 Å². The molecule has 0 unspecified atom stereocenters. The van der Waals surface area contributed by atoms with Crippen LogP contribution in [0, 0.1) is 0 Å². The summed E-state index contributed by atoms with van der Waals surface area (Å²) >= 11 is 0. The van der Waals surface area contributed by atoms with Gasteiger partial charge >= 0.3 is 5.97 Å². The van der Waals surface area contributed by atoms with Crippen LogP contribution in [0.15, 0.2) is 23.5 Å². The van der Waals surface area contributed by atoms with Gasteiger partial charge in [-0.15, -0.1) is 0 Å². The zero-order valence-electron chi connectivity index (χ0n) is 10.1. The van der Waals surface area contributed by atoms with Crippen molar-refractivity contribution in [3.8, 4) is 0 Å². The molecule has 0 spiro atoms. The lowest BCUT2D eigenvalue weighted by molar-refractivity contribution is 0.0686. The Morgan fingerprint density at radius 1 is 1.42 bits per heavy atom. The van der Waals surface area contributed by atoms with Crippen molar-refractivity contribution < 1.29 is 18.3 Å². The number of carbonyl (C=O) groups is 1. The molecule has 0 bridgehead atoms. The number of rotatable bonds is 4. The Hall–Kier alpha value is -2.36. The lowest BCUT2D eigenvalue weighted by Crippen LogP contribution is -2.15. The monoisotopic (exact) mass is 285 g/mol. The summed E-state index contributed by atoms with van der Waals surface area (Å²) in [6, 6.07) is 1.07. The van der Waals surface area contributed by atoms with Gasteiger partial charge in [-0.25, -0.2) is 22.6 Å². The van der Waals surface area contributed by atoms with E-state index in [9.17, 15) is 13.2 Å².